The lowest BCUT2D eigenvalue weighted by Crippen LogP contribution is -2.17. The van der Waals surface area contributed by atoms with Crippen molar-refractivity contribution in [3.63, 3.8) is 0 Å². The summed E-state index contributed by atoms with van der Waals surface area (Å²) in [5.74, 6) is -0.949. The Balaban J connectivity index is 2.03. The molecule has 0 unspecified atom stereocenters. The zero-order valence-corrected chi connectivity index (χ0v) is 10.9. The Labute approximate surface area is 121 Å². The van der Waals surface area contributed by atoms with Crippen LogP contribution in [0.1, 0.15) is 10.5 Å². The van der Waals surface area contributed by atoms with Crippen molar-refractivity contribution in [2.75, 3.05) is 5.32 Å². The van der Waals surface area contributed by atoms with Gasteiger partial charge in [0, 0.05) is 5.69 Å². The molecule has 0 saturated carbocycles. The monoisotopic (exact) mass is 317 g/mol. The first-order valence-electron chi connectivity index (χ1n) is 5.48. The van der Waals surface area contributed by atoms with Crippen LogP contribution in [-0.2, 0) is 0 Å². The van der Waals surface area contributed by atoms with E-state index in [1.54, 1.807) is 0 Å². The third-order valence-electron chi connectivity index (χ3n) is 2.20. The van der Waals surface area contributed by atoms with Crippen molar-refractivity contribution in [1.29, 1.82) is 0 Å². The molecule has 1 amide bonds. The topological polar surface area (TPSA) is 64.1 Å². The molecule has 2 rings (SSSR count). The average Bonchev–Trinajstić information content (AvgIpc) is 2.40. The van der Waals surface area contributed by atoms with E-state index in [4.69, 9.17) is 11.6 Å². The normalized spacial score (nSPS) is 11.0. The fourth-order valence-electron chi connectivity index (χ4n) is 1.36. The number of rotatable bonds is 3. The molecule has 1 aromatic carbocycles. The second kappa shape index (κ2) is 5.96. The van der Waals surface area contributed by atoms with Gasteiger partial charge in [0.15, 0.2) is 0 Å². The maximum atomic E-state index is 12.0. The molecule has 0 fully saturated rings. The zero-order chi connectivity index (χ0) is 15.5. The lowest BCUT2D eigenvalue weighted by Gasteiger charge is -2.09. The maximum Gasteiger partial charge on any atom is 0.573 e. The first-order chi connectivity index (χ1) is 9.83. The molecule has 0 spiro atoms. The van der Waals surface area contributed by atoms with Crippen LogP contribution < -0.4 is 10.1 Å². The van der Waals surface area contributed by atoms with Crippen LogP contribution in [0.15, 0.2) is 36.7 Å². The summed E-state index contributed by atoms with van der Waals surface area (Å²) in [6.07, 6.45) is -2.38. The van der Waals surface area contributed by atoms with Gasteiger partial charge in [-0.05, 0) is 24.3 Å². The molecule has 1 aromatic heterocycles. The number of hydrogen-bond acceptors (Lipinski definition) is 4. The number of ether oxygens (including phenoxy) is 1. The van der Waals surface area contributed by atoms with E-state index in [1.807, 2.05) is 0 Å². The molecule has 0 radical (unpaired) electrons. The van der Waals surface area contributed by atoms with Gasteiger partial charge >= 0.3 is 6.36 Å². The van der Waals surface area contributed by atoms with Crippen LogP contribution in [0.4, 0.5) is 18.9 Å². The third kappa shape index (κ3) is 4.60. The molecule has 9 heteroatoms. The van der Waals surface area contributed by atoms with Gasteiger partial charge in [0.25, 0.3) is 5.91 Å². The molecule has 0 bridgehead atoms. The number of anilines is 1. The fourth-order valence-corrected chi connectivity index (χ4v) is 1.46. The molecule has 5 nitrogen and oxygen atoms in total. The van der Waals surface area contributed by atoms with E-state index >= 15 is 0 Å². The van der Waals surface area contributed by atoms with E-state index in [9.17, 15) is 18.0 Å². The van der Waals surface area contributed by atoms with Crippen LogP contribution in [0.2, 0.25) is 5.15 Å². The molecule has 0 aliphatic carbocycles. The minimum Gasteiger partial charge on any atom is -0.406 e. The molecular formula is C12H7ClF3N3O2. The molecule has 21 heavy (non-hydrogen) atoms. The number of halogens is 4. The Hall–Kier alpha value is -2.35. The smallest absolute Gasteiger partial charge is 0.406 e. The summed E-state index contributed by atoms with van der Waals surface area (Å²) in [5.41, 5.74) is 0.307. The van der Waals surface area contributed by atoms with Crippen molar-refractivity contribution in [1.82, 2.24) is 9.97 Å². The van der Waals surface area contributed by atoms with Gasteiger partial charge in [-0.2, -0.15) is 0 Å². The molecule has 1 heterocycles. The second-order valence-corrected chi connectivity index (χ2v) is 4.14. The highest BCUT2D eigenvalue weighted by molar-refractivity contribution is 6.29. The predicted molar refractivity (Wildman–Crippen MR) is 68.1 cm³/mol. The van der Waals surface area contributed by atoms with Gasteiger partial charge < -0.3 is 10.1 Å². The number of carbonyl (C=O) groups excluding carboxylic acids is 1. The van der Waals surface area contributed by atoms with E-state index in [2.05, 4.69) is 20.0 Å². The first-order valence-corrected chi connectivity index (χ1v) is 5.86. The summed E-state index contributed by atoms with van der Waals surface area (Å²) >= 11 is 5.54. The Kier molecular flexibility index (Phi) is 4.27. The molecule has 1 N–H and O–H groups in total. The van der Waals surface area contributed by atoms with Crippen LogP contribution in [-0.4, -0.2) is 22.2 Å². The van der Waals surface area contributed by atoms with Crippen molar-refractivity contribution in [3.8, 4) is 5.75 Å². The molecule has 0 atom stereocenters. The number of amides is 1. The summed E-state index contributed by atoms with van der Waals surface area (Å²) in [4.78, 5) is 19.2. The number of hydrogen-bond donors (Lipinski definition) is 1. The van der Waals surface area contributed by atoms with Gasteiger partial charge in [0.05, 0.1) is 12.4 Å². The van der Waals surface area contributed by atoms with E-state index in [1.165, 1.54) is 24.5 Å². The SMILES string of the molecule is O=C(Nc1ccc(OC(F)(F)F)cc1)c1cnc(Cl)cn1. The van der Waals surface area contributed by atoms with Gasteiger partial charge in [0.1, 0.15) is 16.6 Å². The van der Waals surface area contributed by atoms with Crippen LogP contribution in [0.3, 0.4) is 0 Å². The quantitative estimate of drug-likeness (QED) is 0.943. The van der Waals surface area contributed by atoms with Crippen LogP contribution in [0.25, 0.3) is 0 Å². The maximum absolute atomic E-state index is 12.0. The lowest BCUT2D eigenvalue weighted by molar-refractivity contribution is -0.274. The molecule has 0 aliphatic rings. The number of aromatic nitrogens is 2. The molecule has 110 valence electrons. The number of nitrogens with zero attached hydrogens (tertiary/aromatic N) is 2. The fraction of sp³-hybridized carbons (Fsp3) is 0.0833. The number of nitrogens with one attached hydrogen (secondary N) is 1. The molecule has 0 aliphatic heterocycles. The minimum atomic E-state index is -4.76. The molecule has 0 saturated heterocycles. The predicted octanol–water partition coefficient (Wildman–Crippen LogP) is 3.28. The Morgan fingerprint density at radius 2 is 1.81 bits per heavy atom. The first kappa shape index (κ1) is 15.0. The van der Waals surface area contributed by atoms with Gasteiger partial charge in [-0.3, -0.25) is 4.79 Å². The zero-order valence-electron chi connectivity index (χ0n) is 10.2. The van der Waals surface area contributed by atoms with Crippen molar-refractivity contribution in [2.24, 2.45) is 0 Å². The van der Waals surface area contributed by atoms with Crippen LogP contribution in [0.5, 0.6) is 5.75 Å². The van der Waals surface area contributed by atoms with Crippen molar-refractivity contribution >= 4 is 23.2 Å². The Bertz CT molecular complexity index is 630. The summed E-state index contributed by atoms with van der Waals surface area (Å²) in [6, 6.07) is 4.69. The number of carbonyl (C=O) groups is 1. The highest BCUT2D eigenvalue weighted by Crippen LogP contribution is 2.24. The summed E-state index contributed by atoms with van der Waals surface area (Å²) in [5, 5.41) is 2.59. The Morgan fingerprint density at radius 1 is 1.14 bits per heavy atom. The minimum absolute atomic E-state index is 0.0232. The highest BCUT2D eigenvalue weighted by atomic mass is 35.5. The van der Waals surface area contributed by atoms with Gasteiger partial charge in [0.2, 0.25) is 0 Å². The van der Waals surface area contributed by atoms with Gasteiger partial charge in [-0.15, -0.1) is 13.2 Å². The molecule has 2 aromatic rings. The van der Waals surface area contributed by atoms with Crippen molar-refractivity contribution < 1.29 is 22.7 Å². The largest absolute Gasteiger partial charge is 0.573 e. The third-order valence-corrected chi connectivity index (χ3v) is 2.39. The van der Waals surface area contributed by atoms with Crippen LogP contribution in [0, 0.1) is 0 Å². The van der Waals surface area contributed by atoms with E-state index in [-0.39, 0.29) is 22.3 Å². The second-order valence-electron chi connectivity index (χ2n) is 3.75. The van der Waals surface area contributed by atoms with Gasteiger partial charge in [-0.25, -0.2) is 9.97 Å². The average molecular weight is 318 g/mol. The molecular weight excluding hydrogens is 311 g/mol. The number of alkyl halides is 3. The highest BCUT2D eigenvalue weighted by Gasteiger charge is 2.30. The van der Waals surface area contributed by atoms with E-state index in [0.717, 1.165) is 12.1 Å². The Morgan fingerprint density at radius 3 is 2.33 bits per heavy atom. The lowest BCUT2D eigenvalue weighted by atomic mass is 10.3. The number of benzene rings is 1. The van der Waals surface area contributed by atoms with Crippen LogP contribution >= 0.6 is 11.6 Å². The standard InChI is InChI=1S/C12H7ClF3N3O2/c13-10-6-17-9(5-18-10)11(20)19-7-1-3-8(4-2-7)21-12(14,15)16/h1-6H,(H,19,20). The summed E-state index contributed by atoms with van der Waals surface area (Å²) < 4.78 is 39.7. The van der Waals surface area contributed by atoms with E-state index in [0.29, 0.717) is 0 Å². The van der Waals surface area contributed by atoms with Crippen molar-refractivity contribution in [2.45, 2.75) is 6.36 Å². The van der Waals surface area contributed by atoms with Crippen molar-refractivity contribution in [3.05, 3.63) is 47.5 Å². The van der Waals surface area contributed by atoms with E-state index < -0.39 is 12.3 Å². The summed E-state index contributed by atoms with van der Waals surface area (Å²) in [6.45, 7) is 0. The summed E-state index contributed by atoms with van der Waals surface area (Å²) in [7, 11) is 0. The van der Waals surface area contributed by atoms with Gasteiger partial charge in [-0.1, -0.05) is 11.6 Å².